The molecular weight excluding hydrogens is 294 g/mol. The van der Waals surface area contributed by atoms with Gasteiger partial charge in [0.05, 0.1) is 18.9 Å². The van der Waals surface area contributed by atoms with Crippen molar-refractivity contribution < 1.29 is 14.6 Å². The number of hydrogen-bond donors (Lipinski definition) is 3. The van der Waals surface area contributed by atoms with E-state index in [4.69, 9.17) is 4.74 Å². The van der Waals surface area contributed by atoms with Crippen LogP contribution in [0, 0.1) is 0 Å². The molecule has 0 aliphatic heterocycles. The van der Waals surface area contributed by atoms with Crippen LogP contribution in [0.4, 0.5) is 0 Å². The molecule has 0 radical (unpaired) electrons. The average molecular weight is 309 g/mol. The Morgan fingerprint density at radius 2 is 2.09 bits per heavy atom. The van der Waals surface area contributed by atoms with Crippen LogP contribution in [-0.4, -0.2) is 29.3 Å². The van der Waals surface area contributed by atoms with Crippen molar-refractivity contribution in [1.82, 2.24) is 10.4 Å². The number of rotatable bonds is 4. The number of phenolic OH excluding ortho intramolecular Hbond substituents is 1. The van der Waals surface area contributed by atoms with E-state index in [-0.39, 0.29) is 11.7 Å². The number of hydrazone groups is 1. The van der Waals surface area contributed by atoms with Gasteiger partial charge in [0.15, 0.2) is 11.5 Å². The second kappa shape index (κ2) is 6.23. The maximum absolute atomic E-state index is 12.2. The molecule has 0 saturated heterocycles. The monoisotopic (exact) mass is 309 g/mol. The average Bonchev–Trinajstić information content (AvgIpc) is 3.00. The molecule has 3 aromatic rings. The van der Waals surface area contributed by atoms with Gasteiger partial charge >= 0.3 is 0 Å². The lowest BCUT2D eigenvalue weighted by molar-refractivity contribution is 0.0957. The highest BCUT2D eigenvalue weighted by molar-refractivity contribution is 6.06. The number of fused-ring (bicyclic) bond motifs is 1. The van der Waals surface area contributed by atoms with Gasteiger partial charge in [0.1, 0.15) is 0 Å². The van der Waals surface area contributed by atoms with Crippen molar-refractivity contribution in [1.29, 1.82) is 0 Å². The number of para-hydroxylation sites is 2. The molecule has 0 atom stereocenters. The smallest absolute Gasteiger partial charge is 0.273 e. The number of hydrogen-bond acceptors (Lipinski definition) is 4. The summed E-state index contributed by atoms with van der Waals surface area (Å²) in [6.45, 7) is 0. The van der Waals surface area contributed by atoms with Crippen molar-refractivity contribution >= 4 is 23.0 Å². The molecule has 1 amide bonds. The van der Waals surface area contributed by atoms with Gasteiger partial charge in [-0.05, 0) is 18.2 Å². The van der Waals surface area contributed by atoms with E-state index in [1.54, 1.807) is 24.4 Å². The SMILES string of the molecule is COc1cccc(/C=N/NC(=O)c2c[nH]c3ccccc23)c1O. The van der Waals surface area contributed by atoms with Crippen molar-refractivity contribution in [3.63, 3.8) is 0 Å². The number of benzene rings is 2. The first kappa shape index (κ1) is 14.6. The van der Waals surface area contributed by atoms with Gasteiger partial charge in [0, 0.05) is 22.7 Å². The maximum atomic E-state index is 12.2. The van der Waals surface area contributed by atoms with Gasteiger partial charge in [-0.15, -0.1) is 0 Å². The third kappa shape index (κ3) is 2.87. The van der Waals surface area contributed by atoms with Crippen molar-refractivity contribution in [2.45, 2.75) is 0 Å². The molecule has 0 bridgehead atoms. The van der Waals surface area contributed by atoms with Gasteiger partial charge in [0.2, 0.25) is 0 Å². The summed E-state index contributed by atoms with van der Waals surface area (Å²) in [6, 6.07) is 12.5. The number of carbonyl (C=O) groups is 1. The number of phenols is 1. The zero-order valence-electron chi connectivity index (χ0n) is 12.4. The molecule has 116 valence electrons. The highest BCUT2D eigenvalue weighted by Crippen LogP contribution is 2.27. The van der Waals surface area contributed by atoms with Crippen LogP contribution in [0.3, 0.4) is 0 Å². The zero-order chi connectivity index (χ0) is 16.2. The Bertz CT molecular complexity index is 884. The first-order chi connectivity index (χ1) is 11.2. The van der Waals surface area contributed by atoms with Crippen molar-refractivity contribution in [3.05, 3.63) is 59.8 Å². The number of H-pyrrole nitrogens is 1. The fourth-order valence-electron chi connectivity index (χ4n) is 2.29. The number of amides is 1. The molecule has 23 heavy (non-hydrogen) atoms. The van der Waals surface area contributed by atoms with Gasteiger partial charge in [-0.3, -0.25) is 4.79 Å². The lowest BCUT2D eigenvalue weighted by atomic mass is 10.2. The Morgan fingerprint density at radius 1 is 1.26 bits per heavy atom. The third-order valence-corrected chi connectivity index (χ3v) is 3.45. The second-order valence-corrected chi connectivity index (χ2v) is 4.85. The Kier molecular flexibility index (Phi) is 3.97. The van der Waals surface area contributed by atoms with Gasteiger partial charge in [-0.2, -0.15) is 5.10 Å². The molecule has 1 heterocycles. The van der Waals surface area contributed by atoms with Crippen LogP contribution < -0.4 is 10.2 Å². The van der Waals surface area contributed by atoms with Crippen LogP contribution in [0.1, 0.15) is 15.9 Å². The number of carbonyl (C=O) groups excluding carboxylic acids is 1. The molecule has 3 N–H and O–H groups in total. The first-order valence-electron chi connectivity index (χ1n) is 6.96. The van der Waals surface area contributed by atoms with E-state index in [0.29, 0.717) is 16.9 Å². The van der Waals surface area contributed by atoms with Crippen LogP contribution in [-0.2, 0) is 0 Å². The molecule has 0 unspecified atom stereocenters. The van der Waals surface area contributed by atoms with Crippen LogP contribution in [0.5, 0.6) is 11.5 Å². The zero-order valence-corrected chi connectivity index (χ0v) is 12.4. The lowest BCUT2D eigenvalue weighted by Crippen LogP contribution is -2.17. The number of aromatic nitrogens is 1. The molecule has 3 rings (SSSR count). The third-order valence-electron chi connectivity index (χ3n) is 3.45. The largest absolute Gasteiger partial charge is 0.504 e. The summed E-state index contributed by atoms with van der Waals surface area (Å²) >= 11 is 0. The normalized spacial score (nSPS) is 11.0. The Morgan fingerprint density at radius 3 is 2.91 bits per heavy atom. The molecule has 0 saturated carbocycles. The topological polar surface area (TPSA) is 86.7 Å². The highest BCUT2D eigenvalue weighted by Gasteiger charge is 2.10. The summed E-state index contributed by atoms with van der Waals surface area (Å²) in [5.41, 5.74) is 4.29. The van der Waals surface area contributed by atoms with E-state index < -0.39 is 0 Å². The Balaban J connectivity index is 1.77. The van der Waals surface area contributed by atoms with Crippen LogP contribution >= 0.6 is 0 Å². The Hall–Kier alpha value is -3.28. The van der Waals surface area contributed by atoms with Crippen molar-refractivity contribution in [2.24, 2.45) is 5.10 Å². The summed E-state index contributed by atoms with van der Waals surface area (Å²) in [7, 11) is 1.47. The number of nitrogens with one attached hydrogen (secondary N) is 2. The van der Waals surface area contributed by atoms with E-state index >= 15 is 0 Å². The summed E-state index contributed by atoms with van der Waals surface area (Å²) < 4.78 is 5.02. The summed E-state index contributed by atoms with van der Waals surface area (Å²) in [5.74, 6) is -0.0157. The minimum atomic E-state index is -0.332. The molecule has 0 spiro atoms. The fourth-order valence-corrected chi connectivity index (χ4v) is 2.29. The van der Waals surface area contributed by atoms with Gasteiger partial charge in [-0.25, -0.2) is 5.43 Å². The van der Waals surface area contributed by atoms with E-state index in [0.717, 1.165) is 10.9 Å². The number of ether oxygens (including phenoxy) is 1. The predicted octanol–water partition coefficient (Wildman–Crippen LogP) is 2.65. The van der Waals surface area contributed by atoms with Crippen molar-refractivity contribution in [2.75, 3.05) is 7.11 Å². The minimum absolute atomic E-state index is 0.0277. The van der Waals surface area contributed by atoms with E-state index in [2.05, 4.69) is 15.5 Å². The van der Waals surface area contributed by atoms with E-state index in [1.165, 1.54) is 13.3 Å². The molecule has 6 nitrogen and oxygen atoms in total. The predicted molar refractivity (Wildman–Crippen MR) is 88.0 cm³/mol. The van der Waals surface area contributed by atoms with E-state index in [9.17, 15) is 9.90 Å². The van der Waals surface area contributed by atoms with Gasteiger partial charge in [-0.1, -0.05) is 24.3 Å². The summed E-state index contributed by atoms with van der Waals surface area (Å²) in [6.07, 6.45) is 3.00. The van der Waals surface area contributed by atoms with Gasteiger partial charge < -0.3 is 14.8 Å². The summed E-state index contributed by atoms with van der Waals surface area (Å²) in [4.78, 5) is 15.2. The molecule has 6 heteroatoms. The fraction of sp³-hybridized carbons (Fsp3) is 0.0588. The quantitative estimate of drug-likeness (QED) is 0.511. The number of methoxy groups -OCH3 is 1. The minimum Gasteiger partial charge on any atom is -0.504 e. The first-order valence-corrected chi connectivity index (χ1v) is 6.96. The van der Waals surface area contributed by atoms with Gasteiger partial charge in [0.25, 0.3) is 5.91 Å². The van der Waals surface area contributed by atoms with Crippen LogP contribution in [0.25, 0.3) is 10.9 Å². The molecule has 1 aromatic heterocycles. The molecule has 2 aromatic carbocycles. The number of aromatic hydroxyl groups is 1. The van der Waals surface area contributed by atoms with E-state index in [1.807, 2.05) is 24.3 Å². The van der Waals surface area contributed by atoms with Crippen LogP contribution in [0.2, 0.25) is 0 Å². The lowest BCUT2D eigenvalue weighted by Gasteiger charge is -2.04. The number of nitrogens with zero attached hydrogens (tertiary/aromatic N) is 1. The van der Waals surface area contributed by atoms with Crippen molar-refractivity contribution in [3.8, 4) is 11.5 Å². The second-order valence-electron chi connectivity index (χ2n) is 4.85. The maximum Gasteiger partial charge on any atom is 0.273 e. The molecule has 0 aliphatic rings. The number of aromatic amines is 1. The summed E-state index contributed by atoms with van der Waals surface area (Å²) in [5, 5.41) is 14.7. The van der Waals surface area contributed by atoms with Crippen LogP contribution in [0.15, 0.2) is 53.8 Å². The Labute approximate surface area is 132 Å². The standard InChI is InChI=1S/C17H15N3O3/c1-23-15-8-4-5-11(16(15)21)9-19-20-17(22)13-10-18-14-7-3-2-6-12(13)14/h2-10,18,21H,1H3,(H,20,22)/b19-9+. The molecule has 0 fully saturated rings. The molecular formula is C17H15N3O3. The highest BCUT2D eigenvalue weighted by atomic mass is 16.5. The molecule has 0 aliphatic carbocycles.